The van der Waals surface area contributed by atoms with E-state index in [1.165, 1.54) is 0 Å². The van der Waals surface area contributed by atoms with Gasteiger partial charge in [-0.2, -0.15) is 0 Å². The third-order valence-corrected chi connectivity index (χ3v) is 3.95. The van der Waals surface area contributed by atoms with E-state index >= 15 is 0 Å². The molecule has 0 aliphatic heterocycles. The molecule has 0 aromatic heterocycles. The van der Waals surface area contributed by atoms with E-state index in [9.17, 15) is 9.59 Å². The van der Waals surface area contributed by atoms with Crippen molar-refractivity contribution in [3.8, 4) is 0 Å². The Balaban J connectivity index is 5.80. The lowest BCUT2D eigenvalue weighted by Crippen LogP contribution is -2.47. The molecule has 0 radical (unpaired) electrons. The molecule has 142 valence electrons. The Hall–Kier alpha value is -1.26. The molecule has 0 rings (SSSR count). The number of carbonyl (C=O) groups excluding carboxylic acids is 2. The molecule has 0 amide bonds. The Labute approximate surface area is 147 Å². The van der Waals surface area contributed by atoms with E-state index in [0.29, 0.717) is 25.9 Å². The molecule has 5 heteroatoms. The highest BCUT2D eigenvalue weighted by molar-refractivity contribution is 5.78. The number of rotatable bonds is 11. The highest BCUT2D eigenvalue weighted by atomic mass is 16.7. The van der Waals surface area contributed by atoms with Gasteiger partial charge in [-0.15, -0.1) is 0 Å². The predicted octanol–water partition coefficient (Wildman–Crippen LogP) is 4.97. The first-order valence-corrected chi connectivity index (χ1v) is 9.23. The third kappa shape index (κ3) is 7.10. The largest absolute Gasteiger partial charge is 0.508 e. The van der Waals surface area contributed by atoms with Gasteiger partial charge in [0, 0.05) is 0 Å². The van der Waals surface area contributed by atoms with Crippen LogP contribution in [0.3, 0.4) is 0 Å². The fourth-order valence-electron chi connectivity index (χ4n) is 3.24. The Morgan fingerprint density at radius 3 is 1.92 bits per heavy atom. The lowest BCUT2D eigenvalue weighted by atomic mass is 9.70. The summed E-state index contributed by atoms with van der Waals surface area (Å²) >= 11 is 0. The average Bonchev–Trinajstić information content (AvgIpc) is 2.45. The van der Waals surface area contributed by atoms with Gasteiger partial charge in [0.2, 0.25) is 0 Å². The molecular weight excluding hydrogens is 308 g/mol. The lowest BCUT2D eigenvalue weighted by Gasteiger charge is -2.39. The van der Waals surface area contributed by atoms with E-state index in [-0.39, 0.29) is 24.4 Å². The first-order chi connectivity index (χ1) is 11.2. The van der Waals surface area contributed by atoms with Crippen LogP contribution in [-0.4, -0.2) is 31.4 Å². The van der Waals surface area contributed by atoms with Gasteiger partial charge in [-0.1, -0.05) is 41.0 Å². The van der Waals surface area contributed by atoms with Crippen molar-refractivity contribution in [1.82, 2.24) is 0 Å². The fourth-order valence-corrected chi connectivity index (χ4v) is 3.24. The van der Waals surface area contributed by atoms with Crippen LogP contribution in [0.4, 0.5) is 4.79 Å². The van der Waals surface area contributed by atoms with Crippen LogP contribution in [0.25, 0.3) is 0 Å². The van der Waals surface area contributed by atoms with E-state index in [1.54, 1.807) is 13.8 Å². The minimum absolute atomic E-state index is 0.248. The molecule has 0 heterocycles. The molecular formula is C19H36O5. The number of carbonyl (C=O) groups is 2. The van der Waals surface area contributed by atoms with Gasteiger partial charge < -0.3 is 14.2 Å². The maximum absolute atomic E-state index is 12.9. The monoisotopic (exact) mass is 344 g/mol. The molecule has 0 saturated carbocycles. The van der Waals surface area contributed by atoms with Crippen LogP contribution >= 0.6 is 0 Å². The molecule has 2 atom stereocenters. The van der Waals surface area contributed by atoms with Crippen LogP contribution in [-0.2, 0) is 19.0 Å². The van der Waals surface area contributed by atoms with E-state index in [2.05, 4.69) is 27.7 Å². The summed E-state index contributed by atoms with van der Waals surface area (Å²) in [7, 11) is 0. The maximum Gasteiger partial charge on any atom is 0.508 e. The summed E-state index contributed by atoms with van der Waals surface area (Å²) < 4.78 is 16.0. The Bertz CT molecular complexity index is 378. The first kappa shape index (κ1) is 22.7. The molecule has 0 aliphatic carbocycles. The number of ether oxygens (including phenoxy) is 3. The molecule has 5 nitrogen and oxygen atoms in total. The maximum atomic E-state index is 12.9. The van der Waals surface area contributed by atoms with Gasteiger partial charge in [-0.05, 0) is 44.9 Å². The minimum atomic E-state index is -0.823. The summed E-state index contributed by atoms with van der Waals surface area (Å²) in [6.45, 7) is 14.4. The molecule has 24 heavy (non-hydrogen) atoms. The molecule has 2 unspecified atom stereocenters. The van der Waals surface area contributed by atoms with Gasteiger partial charge >= 0.3 is 12.1 Å². The van der Waals surface area contributed by atoms with Crippen LogP contribution < -0.4 is 0 Å². The highest BCUT2D eigenvalue weighted by Crippen LogP contribution is 2.41. The lowest BCUT2D eigenvalue weighted by molar-refractivity contribution is -0.168. The van der Waals surface area contributed by atoms with Crippen LogP contribution in [0, 0.1) is 17.3 Å². The number of hydrogen-bond acceptors (Lipinski definition) is 5. The summed E-state index contributed by atoms with van der Waals surface area (Å²) in [6, 6.07) is 0. The van der Waals surface area contributed by atoms with Gasteiger partial charge in [0.05, 0.1) is 13.2 Å². The predicted molar refractivity (Wildman–Crippen MR) is 94.8 cm³/mol. The average molecular weight is 344 g/mol. The number of esters is 1. The zero-order valence-electron chi connectivity index (χ0n) is 16.5. The molecule has 0 bridgehead atoms. The van der Waals surface area contributed by atoms with Crippen LogP contribution in [0.2, 0.25) is 0 Å². The van der Waals surface area contributed by atoms with Crippen molar-refractivity contribution in [2.75, 3.05) is 13.2 Å². The quantitative estimate of drug-likeness (QED) is 0.495. The smallest absolute Gasteiger partial charge is 0.465 e. The van der Waals surface area contributed by atoms with Crippen molar-refractivity contribution in [2.45, 2.75) is 80.3 Å². The summed E-state index contributed by atoms with van der Waals surface area (Å²) in [6.07, 6.45) is 1.41. The second-order valence-corrected chi connectivity index (χ2v) is 7.14. The molecule has 0 saturated heterocycles. The van der Waals surface area contributed by atoms with Gasteiger partial charge in [0.15, 0.2) is 0 Å². The third-order valence-electron chi connectivity index (χ3n) is 3.95. The normalized spacial score (nSPS) is 15.0. The van der Waals surface area contributed by atoms with Crippen molar-refractivity contribution in [1.29, 1.82) is 0 Å². The highest BCUT2D eigenvalue weighted by Gasteiger charge is 2.49. The van der Waals surface area contributed by atoms with Crippen molar-refractivity contribution in [3.05, 3.63) is 0 Å². The van der Waals surface area contributed by atoms with Crippen LogP contribution in [0.5, 0.6) is 0 Å². The van der Waals surface area contributed by atoms with Crippen molar-refractivity contribution in [3.63, 3.8) is 0 Å². The Morgan fingerprint density at radius 1 is 0.917 bits per heavy atom. The Morgan fingerprint density at radius 2 is 1.50 bits per heavy atom. The topological polar surface area (TPSA) is 61.8 Å². The summed E-state index contributed by atoms with van der Waals surface area (Å²) in [5, 5.41) is 0. The van der Waals surface area contributed by atoms with E-state index in [4.69, 9.17) is 14.2 Å². The van der Waals surface area contributed by atoms with Gasteiger partial charge in [-0.3, -0.25) is 4.79 Å². The standard InChI is InChI=1S/C19H36O5/c1-8-11-19(13-15(6)7,17(20)22-9-2)16(12-14(4)5)24-18(21)23-10-3/h14-16H,8-13H2,1-7H3. The summed E-state index contributed by atoms with van der Waals surface area (Å²) in [4.78, 5) is 24.9. The molecule has 0 aromatic carbocycles. The first-order valence-electron chi connectivity index (χ1n) is 9.23. The van der Waals surface area contributed by atoms with Crippen molar-refractivity contribution < 1.29 is 23.8 Å². The SMILES string of the molecule is CCCC(CC(C)C)(C(=O)OCC)C(CC(C)C)OC(=O)OCC. The van der Waals surface area contributed by atoms with E-state index in [0.717, 1.165) is 6.42 Å². The summed E-state index contributed by atoms with van der Waals surface area (Å²) in [5.74, 6) is 0.291. The second kappa shape index (κ2) is 11.3. The van der Waals surface area contributed by atoms with Crippen LogP contribution in [0.1, 0.15) is 74.1 Å². The van der Waals surface area contributed by atoms with Gasteiger partial charge in [0.1, 0.15) is 11.5 Å². The molecule has 0 aromatic rings. The second-order valence-electron chi connectivity index (χ2n) is 7.14. The summed E-state index contributed by atoms with van der Waals surface area (Å²) in [5.41, 5.74) is -0.823. The molecule has 0 N–H and O–H groups in total. The van der Waals surface area contributed by atoms with Crippen molar-refractivity contribution >= 4 is 12.1 Å². The fraction of sp³-hybridized carbons (Fsp3) is 0.895. The molecule has 0 aliphatic rings. The molecule has 0 fully saturated rings. The van der Waals surface area contributed by atoms with Crippen molar-refractivity contribution in [2.24, 2.45) is 17.3 Å². The molecule has 0 spiro atoms. The zero-order valence-corrected chi connectivity index (χ0v) is 16.5. The van der Waals surface area contributed by atoms with E-state index in [1.807, 2.05) is 6.92 Å². The number of hydrogen-bond donors (Lipinski definition) is 0. The van der Waals surface area contributed by atoms with E-state index < -0.39 is 17.7 Å². The van der Waals surface area contributed by atoms with Gasteiger partial charge in [-0.25, -0.2) is 4.79 Å². The minimum Gasteiger partial charge on any atom is -0.465 e. The Kier molecular flexibility index (Phi) is 10.7. The van der Waals surface area contributed by atoms with Gasteiger partial charge in [0.25, 0.3) is 0 Å². The van der Waals surface area contributed by atoms with Crippen LogP contribution in [0.15, 0.2) is 0 Å². The zero-order chi connectivity index (χ0) is 18.8.